The smallest absolute Gasteiger partial charge is 0.346 e. The topological polar surface area (TPSA) is 61.8 Å². The molecule has 0 radical (unpaired) electrons. The number of carbonyl (C=O) groups is 2. The Labute approximate surface area is 152 Å². The number of ketones is 1. The SMILES string of the molecule is CCc1ccc(C=C2Oc3cc(O[C@H](C)C(=O)OC)ccc3C2=O)cc1. The summed E-state index contributed by atoms with van der Waals surface area (Å²) in [6, 6.07) is 12.8. The van der Waals surface area contributed by atoms with Crippen molar-refractivity contribution in [3.8, 4) is 11.5 Å². The van der Waals surface area contributed by atoms with Crippen LogP contribution in [0.3, 0.4) is 0 Å². The van der Waals surface area contributed by atoms with Gasteiger partial charge >= 0.3 is 5.97 Å². The van der Waals surface area contributed by atoms with Gasteiger partial charge in [-0.15, -0.1) is 0 Å². The molecule has 1 atom stereocenters. The van der Waals surface area contributed by atoms with E-state index in [1.54, 1.807) is 31.2 Å². The van der Waals surface area contributed by atoms with Crippen molar-refractivity contribution >= 4 is 17.8 Å². The van der Waals surface area contributed by atoms with Crippen LogP contribution in [0, 0.1) is 0 Å². The van der Waals surface area contributed by atoms with Crippen LogP contribution in [0.1, 0.15) is 35.3 Å². The van der Waals surface area contributed by atoms with Crippen LogP contribution in [0.15, 0.2) is 48.2 Å². The molecule has 0 bridgehead atoms. The second kappa shape index (κ2) is 7.44. The van der Waals surface area contributed by atoms with Crippen molar-refractivity contribution in [3.63, 3.8) is 0 Å². The second-order valence-electron chi connectivity index (χ2n) is 5.98. The van der Waals surface area contributed by atoms with Crippen LogP contribution in [0.5, 0.6) is 11.5 Å². The van der Waals surface area contributed by atoms with Crippen molar-refractivity contribution in [2.75, 3.05) is 7.11 Å². The van der Waals surface area contributed by atoms with Gasteiger partial charge in [0.15, 0.2) is 11.9 Å². The summed E-state index contributed by atoms with van der Waals surface area (Å²) in [6.07, 6.45) is 1.94. The van der Waals surface area contributed by atoms with Gasteiger partial charge in [0.25, 0.3) is 0 Å². The number of allylic oxidation sites excluding steroid dienone is 1. The Kier molecular flexibility index (Phi) is 5.07. The summed E-state index contributed by atoms with van der Waals surface area (Å²) < 4.78 is 15.9. The largest absolute Gasteiger partial charge is 0.479 e. The molecule has 1 heterocycles. The van der Waals surface area contributed by atoms with Gasteiger partial charge in [-0.2, -0.15) is 0 Å². The fourth-order valence-corrected chi connectivity index (χ4v) is 2.66. The van der Waals surface area contributed by atoms with Gasteiger partial charge < -0.3 is 14.2 Å². The van der Waals surface area contributed by atoms with Crippen LogP contribution in [0.2, 0.25) is 0 Å². The maximum Gasteiger partial charge on any atom is 0.346 e. The van der Waals surface area contributed by atoms with Crippen LogP contribution < -0.4 is 9.47 Å². The van der Waals surface area contributed by atoms with Crippen LogP contribution in [-0.4, -0.2) is 25.0 Å². The van der Waals surface area contributed by atoms with Crippen LogP contribution >= 0.6 is 0 Å². The van der Waals surface area contributed by atoms with E-state index in [4.69, 9.17) is 9.47 Å². The molecule has 0 saturated carbocycles. The Balaban J connectivity index is 1.79. The summed E-state index contributed by atoms with van der Waals surface area (Å²) in [4.78, 5) is 24.0. The van der Waals surface area contributed by atoms with E-state index in [0.29, 0.717) is 17.1 Å². The molecule has 0 aliphatic carbocycles. The number of hydrogen-bond acceptors (Lipinski definition) is 5. The number of Topliss-reactive ketones (excluding diaryl/α,β-unsaturated/α-hetero) is 1. The van der Waals surface area contributed by atoms with E-state index >= 15 is 0 Å². The Hall–Kier alpha value is -3.08. The summed E-state index contributed by atoms with van der Waals surface area (Å²) in [5.41, 5.74) is 2.60. The van der Waals surface area contributed by atoms with Crippen molar-refractivity contribution < 1.29 is 23.8 Å². The standard InChI is InChI=1S/C21H20O5/c1-4-14-5-7-15(8-6-14)11-19-20(22)17-10-9-16(12-18(17)26-19)25-13(2)21(23)24-3/h5-13H,4H2,1-3H3/t13-/m1/s1. The summed E-state index contributed by atoms with van der Waals surface area (Å²) in [5.74, 6) is 0.470. The quantitative estimate of drug-likeness (QED) is 0.605. The average Bonchev–Trinajstić information content (AvgIpc) is 2.96. The molecule has 0 spiro atoms. The maximum absolute atomic E-state index is 12.5. The first-order chi connectivity index (χ1) is 12.5. The molecule has 0 N–H and O–H groups in total. The van der Waals surface area contributed by atoms with Gasteiger partial charge in [0.2, 0.25) is 5.78 Å². The van der Waals surface area contributed by atoms with Crippen LogP contribution in [-0.2, 0) is 16.0 Å². The number of ether oxygens (including phenoxy) is 3. The van der Waals surface area contributed by atoms with Crippen LogP contribution in [0.25, 0.3) is 6.08 Å². The normalized spacial score (nSPS) is 15.3. The fraction of sp³-hybridized carbons (Fsp3) is 0.238. The Morgan fingerprint density at radius 2 is 1.92 bits per heavy atom. The number of aryl methyl sites for hydroxylation is 1. The highest BCUT2D eigenvalue weighted by Crippen LogP contribution is 2.35. The number of methoxy groups -OCH3 is 1. The van der Waals surface area contributed by atoms with E-state index in [1.165, 1.54) is 12.7 Å². The molecule has 2 aromatic carbocycles. The molecule has 0 fully saturated rings. The molecule has 1 aliphatic heterocycles. The first-order valence-electron chi connectivity index (χ1n) is 8.43. The third kappa shape index (κ3) is 3.61. The predicted octanol–water partition coefficient (Wildman–Crippen LogP) is 3.81. The van der Waals surface area contributed by atoms with E-state index in [9.17, 15) is 9.59 Å². The van der Waals surface area contributed by atoms with Gasteiger partial charge in [0.1, 0.15) is 11.5 Å². The average molecular weight is 352 g/mol. The Morgan fingerprint density at radius 3 is 2.58 bits per heavy atom. The fourth-order valence-electron chi connectivity index (χ4n) is 2.66. The Morgan fingerprint density at radius 1 is 1.19 bits per heavy atom. The number of carbonyl (C=O) groups excluding carboxylic acids is 2. The molecule has 0 aromatic heterocycles. The molecule has 26 heavy (non-hydrogen) atoms. The predicted molar refractivity (Wildman–Crippen MR) is 97.3 cm³/mol. The summed E-state index contributed by atoms with van der Waals surface area (Å²) in [7, 11) is 1.30. The molecule has 0 amide bonds. The zero-order valence-corrected chi connectivity index (χ0v) is 14.9. The van der Waals surface area contributed by atoms with Gasteiger partial charge in [-0.3, -0.25) is 4.79 Å². The molecule has 134 valence electrons. The van der Waals surface area contributed by atoms with E-state index in [2.05, 4.69) is 11.7 Å². The number of rotatable bonds is 5. The highest BCUT2D eigenvalue weighted by molar-refractivity contribution is 6.14. The Bertz CT molecular complexity index is 864. The highest BCUT2D eigenvalue weighted by Gasteiger charge is 2.28. The minimum atomic E-state index is -0.748. The molecular weight excluding hydrogens is 332 g/mol. The minimum Gasteiger partial charge on any atom is -0.479 e. The second-order valence-corrected chi connectivity index (χ2v) is 5.98. The number of esters is 1. The molecule has 3 rings (SSSR count). The van der Waals surface area contributed by atoms with E-state index in [-0.39, 0.29) is 11.5 Å². The van der Waals surface area contributed by atoms with Crippen molar-refractivity contribution in [3.05, 3.63) is 64.9 Å². The van der Waals surface area contributed by atoms with Crippen LogP contribution in [0.4, 0.5) is 0 Å². The number of benzene rings is 2. The van der Waals surface area contributed by atoms with Gasteiger partial charge in [0.05, 0.1) is 12.7 Å². The number of fused-ring (bicyclic) bond motifs is 1. The highest BCUT2D eigenvalue weighted by atomic mass is 16.6. The molecule has 0 saturated heterocycles. The lowest BCUT2D eigenvalue weighted by atomic mass is 10.1. The lowest BCUT2D eigenvalue weighted by Crippen LogP contribution is -2.24. The van der Waals surface area contributed by atoms with Gasteiger partial charge in [-0.1, -0.05) is 31.2 Å². The molecule has 2 aromatic rings. The number of hydrogen-bond donors (Lipinski definition) is 0. The lowest BCUT2D eigenvalue weighted by molar-refractivity contribution is -0.147. The van der Waals surface area contributed by atoms with E-state index in [1.807, 2.05) is 24.3 Å². The lowest BCUT2D eigenvalue weighted by Gasteiger charge is -2.12. The summed E-state index contributed by atoms with van der Waals surface area (Å²) >= 11 is 0. The summed E-state index contributed by atoms with van der Waals surface area (Å²) in [5, 5.41) is 0. The third-order valence-electron chi connectivity index (χ3n) is 4.17. The van der Waals surface area contributed by atoms with Gasteiger partial charge in [-0.25, -0.2) is 4.79 Å². The minimum absolute atomic E-state index is 0.174. The van der Waals surface area contributed by atoms with Crippen molar-refractivity contribution in [1.29, 1.82) is 0 Å². The van der Waals surface area contributed by atoms with Crippen molar-refractivity contribution in [2.24, 2.45) is 0 Å². The van der Waals surface area contributed by atoms with Crippen molar-refractivity contribution in [1.82, 2.24) is 0 Å². The first-order valence-corrected chi connectivity index (χ1v) is 8.43. The molecule has 5 nitrogen and oxygen atoms in total. The molecule has 0 unspecified atom stereocenters. The molecular formula is C21H20O5. The zero-order chi connectivity index (χ0) is 18.7. The molecule has 1 aliphatic rings. The molecule has 5 heteroatoms. The maximum atomic E-state index is 12.5. The van der Waals surface area contributed by atoms with Crippen molar-refractivity contribution in [2.45, 2.75) is 26.4 Å². The first kappa shape index (κ1) is 17.7. The zero-order valence-electron chi connectivity index (χ0n) is 14.9. The van der Waals surface area contributed by atoms with E-state index in [0.717, 1.165) is 12.0 Å². The van der Waals surface area contributed by atoms with E-state index < -0.39 is 12.1 Å². The third-order valence-corrected chi connectivity index (χ3v) is 4.17. The monoisotopic (exact) mass is 352 g/mol. The van der Waals surface area contributed by atoms with Gasteiger partial charge in [-0.05, 0) is 42.7 Å². The van der Waals surface area contributed by atoms with Gasteiger partial charge in [0, 0.05) is 6.07 Å². The summed E-state index contributed by atoms with van der Waals surface area (Å²) in [6.45, 7) is 3.69.